The zero-order valence-corrected chi connectivity index (χ0v) is 10.2. The first-order chi connectivity index (χ1) is 7.52. The number of hydrogen-bond acceptors (Lipinski definition) is 2. The predicted octanol–water partition coefficient (Wildman–Crippen LogP) is 3.53. The molecule has 0 saturated carbocycles. The van der Waals surface area contributed by atoms with Gasteiger partial charge in [0.15, 0.2) is 0 Å². The molecule has 0 aliphatic rings. The number of aliphatic hydroxyl groups excluding tert-OH is 1. The van der Waals surface area contributed by atoms with Crippen LogP contribution in [0.5, 0.6) is 0 Å². The molecule has 0 heterocycles. The second-order valence-corrected chi connectivity index (χ2v) is 5.24. The average Bonchev–Trinajstić information content (AvgIpc) is 2.23. The van der Waals surface area contributed by atoms with Crippen LogP contribution in [-0.2, 0) is 0 Å². The van der Waals surface area contributed by atoms with Gasteiger partial charge in [0.05, 0.1) is 6.10 Å². The van der Waals surface area contributed by atoms with Crippen molar-refractivity contribution < 1.29 is 13.9 Å². The van der Waals surface area contributed by atoms with E-state index in [1.165, 1.54) is 12.1 Å². The predicted molar refractivity (Wildman–Crippen MR) is 63.5 cm³/mol. The first-order valence-electron chi connectivity index (χ1n) is 5.28. The van der Waals surface area contributed by atoms with Crippen molar-refractivity contribution in [3.63, 3.8) is 0 Å². The molecule has 0 bridgehead atoms. The largest absolute Gasteiger partial charge is 0.388 e. The fraction of sp³-hybridized carbons (Fsp3) is 0.500. The number of rotatable bonds is 5. The van der Waals surface area contributed by atoms with Crippen LogP contribution in [0.4, 0.5) is 8.78 Å². The van der Waals surface area contributed by atoms with Crippen molar-refractivity contribution in [2.24, 2.45) is 0 Å². The summed E-state index contributed by atoms with van der Waals surface area (Å²) in [5.74, 6) is -0.845. The molecule has 16 heavy (non-hydrogen) atoms. The fourth-order valence-corrected chi connectivity index (χ4v) is 2.18. The molecule has 0 saturated heterocycles. The molecule has 0 aliphatic carbocycles. The van der Waals surface area contributed by atoms with Crippen molar-refractivity contribution >= 4 is 11.8 Å². The van der Waals surface area contributed by atoms with Crippen molar-refractivity contribution in [3.8, 4) is 0 Å². The quantitative estimate of drug-likeness (QED) is 0.857. The Balaban J connectivity index is 2.62. The van der Waals surface area contributed by atoms with Gasteiger partial charge in [0, 0.05) is 17.1 Å². The lowest BCUT2D eigenvalue weighted by Crippen LogP contribution is -2.05. The van der Waals surface area contributed by atoms with Crippen LogP contribution in [-0.4, -0.2) is 16.1 Å². The smallest absolute Gasteiger partial charge is 0.126 e. The van der Waals surface area contributed by atoms with Gasteiger partial charge in [-0.2, -0.15) is 11.8 Å². The standard InChI is InChI=1S/C12H16F2OS/c1-3-8(2)16-7-12(15)9-4-10(13)6-11(14)5-9/h4-6,8,12,15H,3,7H2,1-2H3. The topological polar surface area (TPSA) is 20.2 Å². The van der Waals surface area contributed by atoms with Crippen molar-refractivity contribution in [2.45, 2.75) is 31.6 Å². The minimum absolute atomic E-state index is 0.299. The summed E-state index contributed by atoms with van der Waals surface area (Å²) in [5, 5.41) is 10.2. The molecule has 0 fully saturated rings. The van der Waals surface area contributed by atoms with Crippen LogP contribution in [0.1, 0.15) is 31.9 Å². The lowest BCUT2D eigenvalue weighted by atomic mass is 10.1. The highest BCUT2D eigenvalue weighted by molar-refractivity contribution is 7.99. The third-order valence-electron chi connectivity index (χ3n) is 2.38. The van der Waals surface area contributed by atoms with Crippen LogP contribution >= 0.6 is 11.8 Å². The molecule has 0 spiro atoms. The lowest BCUT2D eigenvalue weighted by molar-refractivity contribution is 0.203. The summed E-state index contributed by atoms with van der Waals surface area (Å²) in [4.78, 5) is 0. The van der Waals surface area contributed by atoms with Gasteiger partial charge in [0.2, 0.25) is 0 Å². The average molecular weight is 246 g/mol. The maximum Gasteiger partial charge on any atom is 0.126 e. The van der Waals surface area contributed by atoms with E-state index < -0.39 is 17.7 Å². The van der Waals surface area contributed by atoms with Gasteiger partial charge in [-0.3, -0.25) is 0 Å². The van der Waals surface area contributed by atoms with E-state index in [1.54, 1.807) is 11.8 Å². The number of thioether (sulfide) groups is 1. The molecule has 1 N–H and O–H groups in total. The zero-order valence-electron chi connectivity index (χ0n) is 9.41. The van der Waals surface area contributed by atoms with Gasteiger partial charge in [-0.15, -0.1) is 0 Å². The van der Waals surface area contributed by atoms with Crippen molar-refractivity contribution in [2.75, 3.05) is 5.75 Å². The van der Waals surface area contributed by atoms with Gasteiger partial charge in [0.25, 0.3) is 0 Å². The Kier molecular flexibility index (Phi) is 5.22. The van der Waals surface area contributed by atoms with Gasteiger partial charge in [-0.1, -0.05) is 13.8 Å². The molecular formula is C12H16F2OS. The van der Waals surface area contributed by atoms with Gasteiger partial charge >= 0.3 is 0 Å². The number of halogens is 2. The minimum Gasteiger partial charge on any atom is -0.388 e. The zero-order chi connectivity index (χ0) is 12.1. The van der Waals surface area contributed by atoms with E-state index in [-0.39, 0.29) is 0 Å². The first-order valence-corrected chi connectivity index (χ1v) is 6.33. The Morgan fingerprint density at radius 3 is 2.31 bits per heavy atom. The Hall–Kier alpha value is -0.610. The van der Waals surface area contributed by atoms with E-state index in [0.717, 1.165) is 12.5 Å². The number of benzene rings is 1. The maximum absolute atomic E-state index is 12.9. The molecule has 2 unspecified atom stereocenters. The molecule has 90 valence electrons. The van der Waals surface area contributed by atoms with Crippen LogP contribution in [0.2, 0.25) is 0 Å². The molecule has 1 nitrogen and oxygen atoms in total. The minimum atomic E-state index is -0.816. The molecule has 1 rings (SSSR count). The van der Waals surface area contributed by atoms with E-state index in [4.69, 9.17) is 0 Å². The van der Waals surface area contributed by atoms with Crippen molar-refractivity contribution in [3.05, 3.63) is 35.4 Å². The highest BCUT2D eigenvalue weighted by Crippen LogP contribution is 2.23. The molecule has 0 amide bonds. The Bertz CT molecular complexity index is 324. The maximum atomic E-state index is 12.9. The third-order valence-corrected chi connectivity index (χ3v) is 3.79. The van der Waals surface area contributed by atoms with Crippen LogP contribution in [0, 0.1) is 11.6 Å². The molecule has 4 heteroatoms. The Labute approximate surface area is 98.9 Å². The SMILES string of the molecule is CCC(C)SCC(O)c1cc(F)cc(F)c1. The molecule has 0 aliphatic heterocycles. The summed E-state index contributed by atoms with van der Waals surface area (Å²) in [6, 6.07) is 3.15. The summed E-state index contributed by atoms with van der Waals surface area (Å²) in [6.07, 6.45) is 0.193. The lowest BCUT2D eigenvalue weighted by Gasteiger charge is -2.14. The second kappa shape index (κ2) is 6.21. The van der Waals surface area contributed by atoms with Crippen molar-refractivity contribution in [1.82, 2.24) is 0 Å². The summed E-state index contributed by atoms with van der Waals surface area (Å²) in [5.41, 5.74) is 0.299. The number of aliphatic hydroxyl groups is 1. The fourth-order valence-electron chi connectivity index (χ4n) is 1.24. The first kappa shape index (κ1) is 13.5. The van der Waals surface area contributed by atoms with E-state index >= 15 is 0 Å². The van der Waals surface area contributed by atoms with Gasteiger partial charge < -0.3 is 5.11 Å². The van der Waals surface area contributed by atoms with Crippen LogP contribution in [0.3, 0.4) is 0 Å². The van der Waals surface area contributed by atoms with Gasteiger partial charge in [-0.05, 0) is 24.1 Å². The molecule has 0 aromatic heterocycles. The normalized spacial score (nSPS) is 14.8. The van der Waals surface area contributed by atoms with E-state index in [0.29, 0.717) is 16.6 Å². The summed E-state index contributed by atoms with van der Waals surface area (Å²) >= 11 is 1.60. The van der Waals surface area contributed by atoms with E-state index in [1.807, 2.05) is 0 Å². The molecule has 1 aromatic carbocycles. The number of hydrogen-bond donors (Lipinski definition) is 1. The van der Waals surface area contributed by atoms with Gasteiger partial charge in [0.1, 0.15) is 11.6 Å². The molecule has 0 radical (unpaired) electrons. The molecular weight excluding hydrogens is 230 g/mol. The Morgan fingerprint density at radius 2 is 1.81 bits per heavy atom. The van der Waals surface area contributed by atoms with Crippen LogP contribution < -0.4 is 0 Å². The summed E-state index contributed by atoms with van der Waals surface area (Å²) in [6.45, 7) is 4.12. The van der Waals surface area contributed by atoms with Crippen molar-refractivity contribution in [1.29, 1.82) is 0 Å². The highest BCUT2D eigenvalue weighted by atomic mass is 32.2. The molecule has 2 atom stereocenters. The Morgan fingerprint density at radius 1 is 1.25 bits per heavy atom. The summed E-state index contributed by atoms with van der Waals surface area (Å²) in [7, 11) is 0. The molecule has 1 aromatic rings. The monoisotopic (exact) mass is 246 g/mol. The third kappa shape index (κ3) is 4.10. The summed E-state index contributed by atoms with van der Waals surface area (Å²) < 4.78 is 25.8. The van der Waals surface area contributed by atoms with Gasteiger partial charge in [-0.25, -0.2) is 8.78 Å². The van der Waals surface area contributed by atoms with E-state index in [9.17, 15) is 13.9 Å². The van der Waals surface area contributed by atoms with E-state index in [2.05, 4.69) is 13.8 Å². The highest BCUT2D eigenvalue weighted by Gasteiger charge is 2.12. The van der Waals surface area contributed by atoms with Crippen LogP contribution in [0.15, 0.2) is 18.2 Å². The second-order valence-electron chi connectivity index (χ2n) is 3.77. The van der Waals surface area contributed by atoms with Crippen LogP contribution in [0.25, 0.3) is 0 Å².